The van der Waals surface area contributed by atoms with E-state index < -0.39 is 14.6 Å². The van der Waals surface area contributed by atoms with Crippen LogP contribution in [0.3, 0.4) is 0 Å². The van der Waals surface area contributed by atoms with Crippen LogP contribution in [0.4, 0.5) is 0 Å². The van der Waals surface area contributed by atoms with E-state index in [1.807, 2.05) is 0 Å². The van der Waals surface area contributed by atoms with E-state index >= 15 is 0 Å². The fourth-order valence-corrected chi connectivity index (χ4v) is 3.18. The van der Waals surface area contributed by atoms with Crippen LogP contribution >= 0.6 is 0 Å². The number of rotatable bonds is 5. The standard InChI is InChI=1S/C11H23NO3S/c1-4-10(2)12-9-11(16(3,13)14)5-7-15-8-6-11/h10,12H,4-9H2,1-3H3. The monoisotopic (exact) mass is 249 g/mol. The number of hydrogen-bond donors (Lipinski definition) is 1. The lowest BCUT2D eigenvalue weighted by Gasteiger charge is -2.36. The maximum absolute atomic E-state index is 11.9. The van der Waals surface area contributed by atoms with Crippen molar-refractivity contribution in [2.24, 2.45) is 0 Å². The molecule has 0 spiro atoms. The second kappa shape index (κ2) is 5.47. The van der Waals surface area contributed by atoms with Crippen LogP contribution in [-0.4, -0.2) is 45.2 Å². The van der Waals surface area contributed by atoms with Gasteiger partial charge in [-0.3, -0.25) is 0 Å². The van der Waals surface area contributed by atoms with Crippen molar-refractivity contribution < 1.29 is 13.2 Å². The molecule has 5 heteroatoms. The number of nitrogens with one attached hydrogen (secondary N) is 1. The van der Waals surface area contributed by atoms with E-state index in [-0.39, 0.29) is 0 Å². The smallest absolute Gasteiger partial charge is 0.154 e. The highest BCUT2D eigenvalue weighted by Crippen LogP contribution is 2.28. The molecule has 16 heavy (non-hydrogen) atoms. The molecule has 1 rings (SSSR count). The summed E-state index contributed by atoms with van der Waals surface area (Å²) in [5.41, 5.74) is 0. The number of sulfone groups is 1. The van der Waals surface area contributed by atoms with Gasteiger partial charge in [-0.15, -0.1) is 0 Å². The van der Waals surface area contributed by atoms with E-state index in [0.29, 0.717) is 38.6 Å². The van der Waals surface area contributed by atoms with Crippen LogP contribution in [0.15, 0.2) is 0 Å². The summed E-state index contributed by atoms with van der Waals surface area (Å²) in [6.07, 6.45) is 3.57. The Labute approximate surface area is 98.7 Å². The van der Waals surface area contributed by atoms with Crippen LogP contribution in [-0.2, 0) is 14.6 Å². The minimum absolute atomic E-state index is 0.362. The Morgan fingerprint density at radius 3 is 2.38 bits per heavy atom. The Bertz CT molecular complexity index is 307. The van der Waals surface area contributed by atoms with E-state index in [9.17, 15) is 8.42 Å². The summed E-state index contributed by atoms with van der Waals surface area (Å²) in [5.74, 6) is 0. The predicted molar refractivity (Wildman–Crippen MR) is 65.4 cm³/mol. The lowest BCUT2D eigenvalue weighted by molar-refractivity contribution is 0.0739. The molecule has 0 amide bonds. The van der Waals surface area contributed by atoms with Gasteiger partial charge in [0.1, 0.15) is 0 Å². The molecular weight excluding hydrogens is 226 g/mol. The quantitative estimate of drug-likeness (QED) is 0.789. The van der Waals surface area contributed by atoms with Crippen LogP contribution in [0.5, 0.6) is 0 Å². The first-order valence-corrected chi connectivity index (χ1v) is 7.81. The summed E-state index contributed by atoms with van der Waals surface area (Å²) in [7, 11) is -3.03. The van der Waals surface area contributed by atoms with Crippen LogP contribution in [0, 0.1) is 0 Å². The molecule has 0 aliphatic carbocycles. The normalized spacial score (nSPS) is 22.9. The highest BCUT2D eigenvalue weighted by atomic mass is 32.2. The second-order valence-corrected chi connectivity index (χ2v) is 7.17. The second-order valence-electron chi connectivity index (χ2n) is 4.76. The van der Waals surface area contributed by atoms with Crippen molar-refractivity contribution in [1.82, 2.24) is 5.32 Å². The van der Waals surface area contributed by atoms with Gasteiger partial charge in [0.2, 0.25) is 0 Å². The minimum Gasteiger partial charge on any atom is -0.381 e. The third kappa shape index (κ3) is 3.18. The Morgan fingerprint density at radius 1 is 1.38 bits per heavy atom. The number of ether oxygens (including phenoxy) is 1. The maximum atomic E-state index is 11.9. The molecule has 4 nitrogen and oxygen atoms in total. The van der Waals surface area contributed by atoms with Gasteiger partial charge in [0, 0.05) is 32.1 Å². The number of hydrogen-bond acceptors (Lipinski definition) is 4. The van der Waals surface area contributed by atoms with E-state index in [4.69, 9.17) is 4.74 Å². The van der Waals surface area contributed by atoms with Crippen molar-refractivity contribution in [3.63, 3.8) is 0 Å². The molecule has 0 aromatic heterocycles. The van der Waals surface area contributed by atoms with Crippen LogP contribution < -0.4 is 5.32 Å². The summed E-state index contributed by atoms with van der Waals surface area (Å²) in [6, 6.07) is 0.362. The molecule has 1 N–H and O–H groups in total. The molecule has 0 bridgehead atoms. The van der Waals surface area contributed by atoms with Crippen molar-refractivity contribution in [2.45, 2.75) is 43.9 Å². The maximum Gasteiger partial charge on any atom is 0.154 e. The Balaban J connectivity index is 2.72. The van der Waals surface area contributed by atoms with Gasteiger partial charge in [0.25, 0.3) is 0 Å². The molecule has 0 aromatic carbocycles. The van der Waals surface area contributed by atoms with Gasteiger partial charge in [0.15, 0.2) is 9.84 Å². The average Bonchev–Trinajstić information content (AvgIpc) is 2.25. The van der Waals surface area contributed by atoms with Crippen molar-refractivity contribution in [3.8, 4) is 0 Å². The Hall–Kier alpha value is -0.130. The van der Waals surface area contributed by atoms with E-state index in [1.165, 1.54) is 6.26 Å². The SMILES string of the molecule is CCC(C)NCC1(S(C)(=O)=O)CCOCC1. The third-order valence-electron chi connectivity index (χ3n) is 3.58. The van der Waals surface area contributed by atoms with Gasteiger partial charge >= 0.3 is 0 Å². The average molecular weight is 249 g/mol. The van der Waals surface area contributed by atoms with Crippen molar-refractivity contribution in [3.05, 3.63) is 0 Å². The zero-order valence-corrected chi connectivity index (χ0v) is 11.3. The zero-order chi connectivity index (χ0) is 12.2. The van der Waals surface area contributed by atoms with Gasteiger partial charge in [-0.25, -0.2) is 8.42 Å². The molecule has 0 radical (unpaired) electrons. The Morgan fingerprint density at radius 2 is 1.94 bits per heavy atom. The summed E-state index contributed by atoms with van der Waals surface area (Å²) < 4.78 is 28.5. The third-order valence-corrected chi connectivity index (χ3v) is 5.70. The van der Waals surface area contributed by atoms with E-state index in [2.05, 4.69) is 19.2 Å². The van der Waals surface area contributed by atoms with Gasteiger partial charge < -0.3 is 10.1 Å². The Kier molecular flexibility index (Phi) is 4.76. The van der Waals surface area contributed by atoms with Gasteiger partial charge in [-0.05, 0) is 26.2 Å². The zero-order valence-electron chi connectivity index (χ0n) is 10.5. The van der Waals surface area contributed by atoms with Crippen molar-refractivity contribution >= 4 is 9.84 Å². The highest BCUT2D eigenvalue weighted by Gasteiger charge is 2.42. The largest absolute Gasteiger partial charge is 0.381 e. The molecule has 96 valence electrons. The molecule has 1 aliphatic rings. The minimum atomic E-state index is -3.03. The molecule has 1 aliphatic heterocycles. The van der Waals surface area contributed by atoms with E-state index in [0.717, 1.165) is 6.42 Å². The van der Waals surface area contributed by atoms with Gasteiger partial charge in [0.05, 0.1) is 4.75 Å². The van der Waals surface area contributed by atoms with E-state index in [1.54, 1.807) is 0 Å². The topological polar surface area (TPSA) is 55.4 Å². The van der Waals surface area contributed by atoms with Crippen molar-refractivity contribution in [1.29, 1.82) is 0 Å². The first kappa shape index (κ1) is 13.9. The van der Waals surface area contributed by atoms with Gasteiger partial charge in [-0.1, -0.05) is 6.92 Å². The lowest BCUT2D eigenvalue weighted by atomic mass is 9.98. The summed E-state index contributed by atoms with van der Waals surface area (Å²) in [6.45, 7) is 5.82. The summed E-state index contributed by atoms with van der Waals surface area (Å²) >= 11 is 0. The molecule has 1 heterocycles. The molecule has 0 aromatic rings. The first-order chi connectivity index (χ1) is 7.41. The fourth-order valence-electron chi connectivity index (χ4n) is 1.93. The van der Waals surface area contributed by atoms with Crippen LogP contribution in [0.1, 0.15) is 33.1 Å². The summed E-state index contributed by atoms with van der Waals surface area (Å²) in [4.78, 5) is 0. The first-order valence-electron chi connectivity index (χ1n) is 5.92. The molecule has 1 saturated heterocycles. The fraction of sp³-hybridized carbons (Fsp3) is 1.00. The summed E-state index contributed by atoms with van der Waals surface area (Å²) in [5, 5.41) is 3.31. The molecule has 0 saturated carbocycles. The molecule has 1 atom stereocenters. The van der Waals surface area contributed by atoms with Gasteiger partial charge in [-0.2, -0.15) is 0 Å². The van der Waals surface area contributed by atoms with Crippen molar-refractivity contribution in [2.75, 3.05) is 26.0 Å². The van der Waals surface area contributed by atoms with Crippen LogP contribution in [0.25, 0.3) is 0 Å². The molecular formula is C11H23NO3S. The lowest BCUT2D eigenvalue weighted by Crippen LogP contribution is -2.52. The van der Waals surface area contributed by atoms with Crippen LogP contribution in [0.2, 0.25) is 0 Å². The molecule has 1 unspecified atom stereocenters. The predicted octanol–water partition coefficient (Wildman–Crippen LogP) is 0.968. The molecule has 1 fully saturated rings. The highest BCUT2D eigenvalue weighted by molar-refractivity contribution is 7.92.